The predicted octanol–water partition coefficient (Wildman–Crippen LogP) is 2.84. The fraction of sp³-hybridized carbons (Fsp3) is 0.625. The Labute approximate surface area is 148 Å². The van der Waals surface area contributed by atoms with Crippen molar-refractivity contribution in [3.8, 4) is 0 Å². The van der Waals surface area contributed by atoms with Crippen molar-refractivity contribution in [2.24, 2.45) is 5.92 Å². The molecule has 1 aromatic rings. The minimum atomic E-state index is -3.43. The van der Waals surface area contributed by atoms with Crippen LogP contribution in [0.2, 0.25) is 5.02 Å². The van der Waals surface area contributed by atoms with Crippen molar-refractivity contribution in [3.63, 3.8) is 0 Å². The van der Waals surface area contributed by atoms with Crippen LogP contribution in [0.1, 0.15) is 19.3 Å². The minimum absolute atomic E-state index is 0.280. The number of piperidine rings is 1. The first-order valence-corrected chi connectivity index (χ1v) is 11.1. The number of halogens is 1. The highest BCUT2D eigenvalue weighted by atomic mass is 35.5. The van der Waals surface area contributed by atoms with Crippen molar-refractivity contribution in [2.75, 3.05) is 31.1 Å². The minimum Gasteiger partial charge on any atom is -0.300 e. The van der Waals surface area contributed by atoms with Crippen LogP contribution in [0.25, 0.3) is 0 Å². The first-order valence-electron chi connectivity index (χ1n) is 8.11. The number of nitrogens with one attached hydrogen (secondary N) is 1. The Morgan fingerprint density at radius 2 is 1.87 bits per heavy atom. The van der Waals surface area contributed by atoms with Gasteiger partial charge in [0.2, 0.25) is 10.0 Å². The van der Waals surface area contributed by atoms with Crippen LogP contribution in [0.4, 0.5) is 0 Å². The molecule has 1 atom stereocenters. The van der Waals surface area contributed by atoms with E-state index in [0.717, 1.165) is 32.0 Å². The maximum atomic E-state index is 12.3. The van der Waals surface area contributed by atoms with E-state index in [0.29, 0.717) is 17.5 Å². The third kappa shape index (κ3) is 4.63. The Kier molecular flexibility index (Phi) is 5.91. The summed E-state index contributed by atoms with van der Waals surface area (Å²) in [5, 5.41) is 0.543. The molecule has 0 radical (unpaired) electrons. The lowest BCUT2D eigenvalue weighted by Crippen LogP contribution is -2.43. The highest BCUT2D eigenvalue weighted by Gasteiger charge is 2.28. The fourth-order valence-electron chi connectivity index (χ4n) is 3.26. The zero-order chi connectivity index (χ0) is 16.3. The smallest absolute Gasteiger partial charge is 0.240 e. The summed E-state index contributed by atoms with van der Waals surface area (Å²) >= 11 is 7.85. The molecule has 1 aromatic carbocycles. The van der Waals surface area contributed by atoms with Gasteiger partial charge in [-0.05, 0) is 68.3 Å². The highest BCUT2D eigenvalue weighted by Crippen LogP contribution is 2.26. The fourth-order valence-corrected chi connectivity index (χ4v) is 5.75. The molecule has 1 unspecified atom stereocenters. The number of rotatable bonds is 5. The third-order valence-corrected chi connectivity index (χ3v) is 7.59. The van der Waals surface area contributed by atoms with Gasteiger partial charge in [0, 0.05) is 23.4 Å². The number of hydrogen-bond acceptors (Lipinski definition) is 4. The van der Waals surface area contributed by atoms with Gasteiger partial charge in [0.25, 0.3) is 0 Å². The third-order valence-electron chi connectivity index (χ3n) is 4.76. The largest absolute Gasteiger partial charge is 0.300 e. The molecule has 0 bridgehead atoms. The molecular weight excluding hydrogens is 352 g/mol. The first kappa shape index (κ1) is 17.5. The molecule has 3 rings (SSSR count). The van der Waals surface area contributed by atoms with E-state index < -0.39 is 10.0 Å². The molecule has 0 spiro atoms. The zero-order valence-corrected chi connectivity index (χ0v) is 15.5. The Hall–Kier alpha value is -0.270. The molecule has 2 saturated heterocycles. The van der Waals surface area contributed by atoms with Crippen LogP contribution in [0, 0.1) is 5.92 Å². The standard InChI is InChI=1S/C16H23ClN2O2S2/c17-14-1-3-16(4-2-14)23(20,21)18-11-13-5-8-19(9-6-13)15-7-10-22-12-15/h1-4,13,15,18H,5-12H2. The van der Waals surface area contributed by atoms with Gasteiger partial charge in [-0.1, -0.05) is 11.6 Å². The summed E-state index contributed by atoms with van der Waals surface area (Å²) in [6, 6.07) is 7.05. The summed E-state index contributed by atoms with van der Waals surface area (Å²) in [6.45, 7) is 2.72. The second kappa shape index (κ2) is 7.74. The summed E-state index contributed by atoms with van der Waals surface area (Å²) in [6.07, 6.45) is 3.45. The highest BCUT2D eigenvalue weighted by molar-refractivity contribution is 7.99. The zero-order valence-electron chi connectivity index (χ0n) is 13.1. The average Bonchev–Trinajstić information content (AvgIpc) is 3.08. The van der Waals surface area contributed by atoms with Crippen molar-refractivity contribution in [1.29, 1.82) is 0 Å². The second-order valence-corrected chi connectivity index (χ2v) is 9.66. The van der Waals surface area contributed by atoms with E-state index in [9.17, 15) is 8.42 Å². The van der Waals surface area contributed by atoms with Gasteiger partial charge in [0.05, 0.1) is 4.90 Å². The van der Waals surface area contributed by atoms with Crippen molar-refractivity contribution < 1.29 is 8.42 Å². The van der Waals surface area contributed by atoms with Gasteiger partial charge in [0.15, 0.2) is 0 Å². The Balaban J connectivity index is 1.48. The van der Waals surface area contributed by atoms with Gasteiger partial charge in [-0.25, -0.2) is 13.1 Å². The van der Waals surface area contributed by atoms with Gasteiger partial charge in [-0.15, -0.1) is 0 Å². The average molecular weight is 375 g/mol. The summed E-state index contributed by atoms with van der Waals surface area (Å²) < 4.78 is 27.3. The van der Waals surface area contributed by atoms with E-state index in [1.54, 1.807) is 24.3 Å². The topological polar surface area (TPSA) is 49.4 Å². The van der Waals surface area contributed by atoms with Gasteiger partial charge in [-0.3, -0.25) is 4.90 Å². The molecule has 0 saturated carbocycles. The molecule has 23 heavy (non-hydrogen) atoms. The Bertz CT molecular complexity index is 607. The van der Waals surface area contributed by atoms with E-state index in [1.807, 2.05) is 11.8 Å². The van der Waals surface area contributed by atoms with Crippen molar-refractivity contribution in [1.82, 2.24) is 9.62 Å². The molecule has 7 heteroatoms. The first-order chi connectivity index (χ1) is 11.0. The number of benzene rings is 1. The van der Waals surface area contributed by atoms with Crippen molar-refractivity contribution in [2.45, 2.75) is 30.2 Å². The Morgan fingerprint density at radius 3 is 2.48 bits per heavy atom. The number of thioether (sulfide) groups is 1. The van der Waals surface area contributed by atoms with Crippen LogP contribution in [0.15, 0.2) is 29.2 Å². The number of nitrogens with zero attached hydrogens (tertiary/aromatic N) is 1. The van der Waals surface area contributed by atoms with E-state index >= 15 is 0 Å². The van der Waals surface area contributed by atoms with Gasteiger partial charge >= 0.3 is 0 Å². The van der Waals surface area contributed by atoms with E-state index in [2.05, 4.69) is 9.62 Å². The molecule has 2 fully saturated rings. The maximum absolute atomic E-state index is 12.3. The molecular formula is C16H23ClN2O2S2. The molecule has 2 aliphatic rings. The van der Waals surface area contributed by atoms with Crippen molar-refractivity contribution >= 4 is 33.4 Å². The normalized spacial score (nSPS) is 24.1. The van der Waals surface area contributed by atoms with Gasteiger partial charge in [-0.2, -0.15) is 11.8 Å². The molecule has 2 aliphatic heterocycles. The lowest BCUT2D eigenvalue weighted by molar-refractivity contribution is 0.145. The van der Waals surface area contributed by atoms with E-state index in [-0.39, 0.29) is 4.90 Å². The number of sulfonamides is 1. The van der Waals surface area contributed by atoms with Crippen LogP contribution < -0.4 is 4.72 Å². The summed E-state index contributed by atoms with van der Waals surface area (Å²) in [5.74, 6) is 2.97. The van der Waals surface area contributed by atoms with Crippen LogP contribution in [0.3, 0.4) is 0 Å². The van der Waals surface area contributed by atoms with Crippen LogP contribution in [-0.4, -0.2) is 50.5 Å². The SMILES string of the molecule is O=S(=O)(NCC1CCN(C2CCSC2)CC1)c1ccc(Cl)cc1. The summed E-state index contributed by atoms with van der Waals surface area (Å²) in [5.41, 5.74) is 0. The maximum Gasteiger partial charge on any atom is 0.240 e. The molecule has 4 nitrogen and oxygen atoms in total. The van der Waals surface area contributed by atoms with E-state index in [4.69, 9.17) is 11.6 Å². The monoisotopic (exact) mass is 374 g/mol. The summed E-state index contributed by atoms with van der Waals surface area (Å²) in [4.78, 5) is 2.87. The van der Waals surface area contributed by atoms with Crippen LogP contribution in [0.5, 0.6) is 0 Å². The van der Waals surface area contributed by atoms with Crippen LogP contribution in [-0.2, 0) is 10.0 Å². The summed E-state index contributed by atoms with van der Waals surface area (Å²) in [7, 11) is -3.43. The number of hydrogen-bond donors (Lipinski definition) is 1. The van der Waals surface area contributed by atoms with E-state index in [1.165, 1.54) is 17.9 Å². The second-order valence-electron chi connectivity index (χ2n) is 6.30. The predicted molar refractivity (Wildman–Crippen MR) is 96.7 cm³/mol. The molecule has 1 N–H and O–H groups in total. The lowest BCUT2D eigenvalue weighted by Gasteiger charge is -2.35. The van der Waals surface area contributed by atoms with Gasteiger partial charge < -0.3 is 0 Å². The molecule has 128 valence electrons. The molecule has 0 amide bonds. The lowest BCUT2D eigenvalue weighted by atomic mass is 9.96. The van der Waals surface area contributed by atoms with Crippen LogP contribution >= 0.6 is 23.4 Å². The Morgan fingerprint density at radius 1 is 1.17 bits per heavy atom. The molecule has 2 heterocycles. The molecule has 0 aliphatic carbocycles. The molecule has 0 aromatic heterocycles. The van der Waals surface area contributed by atoms with Gasteiger partial charge in [0.1, 0.15) is 0 Å². The van der Waals surface area contributed by atoms with Crippen molar-refractivity contribution in [3.05, 3.63) is 29.3 Å². The number of likely N-dealkylation sites (tertiary alicyclic amines) is 1. The quantitative estimate of drug-likeness (QED) is 0.860.